The molecule has 0 radical (unpaired) electrons. The average Bonchev–Trinajstić information content (AvgIpc) is 2.65. The van der Waals surface area contributed by atoms with Crippen molar-refractivity contribution >= 4 is 33.9 Å². The van der Waals surface area contributed by atoms with Crippen LogP contribution in [0.15, 0.2) is 53.0 Å². The lowest BCUT2D eigenvalue weighted by molar-refractivity contribution is -0.140. The summed E-state index contributed by atoms with van der Waals surface area (Å²) in [5, 5.41) is 11.2. The van der Waals surface area contributed by atoms with Crippen LogP contribution in [-0.4, -0.2) is 30.1 Å². The molecule has 0 aromatic heterocycles. The van der Waals surface area contributed by atoms with E-state index < -0.39 is 17.9 Å². The van der Waals surface area contributed by atoms with E-state index >= 15 is 0 Å². The van der Waals surface area contributed by atoms with Gasteiger partial charge in [0.15, 0.2) is 11.5 Å². The number of benzene rings is 2. The average molecular weight is 434 g/mol. The first-order chi connectivity index (χ1) is 12.9. The molecule has 142 valence electrons. The summed E-state index contributed by atoms with van der Waals surface area (Å²) in [5.74, 6) is -0.521. The SMILES string of the molecule is COc1cc(/C=C/C(=O)NC(C)C(=O)O)cc(Br)c1OCc1ccccc1. The van der Waals surface area contributed by atoms with E-state index in [0.717, 1.165) is 5.56 Å². The van der Waals surface area contributed by atoms with Crippen molar-refractivity contribution < 1.29 is 24.2 Å². The van der Waals surface area contributed by atoms with Crippen LogP contribution in [0, 0.1) is 0 Å². The number of amides is 1. The van der Waals surface area contributed by atoms with Crippen molar-refractivity contribution in [1.29, 1.82) is 0 Å². The number of hydrogen-bond donors (Lipinski definition) is 2. The van der Waals surface area contributed by atoms with Crippen molar-refractivity contribution in [1.82, 2.24) is 5.32 Å². The summed E-state index contributed by atoms with van der Waals surface area (Å²) in [5.41, 5.74) is 1.73. The van der Waals surface area contributed by atoms with Gasteiger partial charge >= 0.3 is 5.97 Å². The van der Waals surface area contributed by atoms with Gasteiger partial charge in [-0.05, 0) is 52.2 Å². The monoisotopic (exact) mass is 433 g/mol. The third-order valence-corrected chi connectivity index (χ3v) is 4.22. The maximum atomic E-state index is 11.8. The predicted molar refractivity (Wildman–Crippen MR) is 106 cm³/mol. The van der Waals surface area contributed by atoms with Gasteiger partial charge in [-0.3, -0.25) is 9.59 Å². The Labute approximate surface area is 165 Å². The minimum absolute atomic E-state index is 0.389. The number of rotatable bonds is 8. The molecule has 0 aliphatic heterocycles. The molecule has 6 nitrogen and oxygen atoms in total. The Hall–Kier alpha value is -2.80. The van der Waals surface area contributed by atoms with Crippen LogP contribution in [0.3, 0.4) is 0 Å². The molecule has 0 saturated heterocycles. The van der Waals surface area contributed by atoms with Gasteiger partial charge in [0.05, 0.1) is 11.6 Å². The molecule has 1 atom stereocenters. The van der Waals surface area contributed by atoms with Gasteiger partial charge in [0.2, 0.25) is 5.91 Å². The van der Waals surface area contributed by atoms with E-state index in [9.17, 15) is 9.59 Å². The fraction of sp³-hybridized carbons (Fsp3) is 0.200. The molecule has 0 bridgehead atoms. The van der Waals surface area contributed by atoms with Crippen LogP contribution >= 0.6 is 15.9 Å². The molecule has 0 aliphatic rings. The van der Waals surface area contributed by atoms with Gasteiger partial charge in [0.25, 0.3) is 0 Å². The van der Waals surface area contributed by atoms with E-state index in [0.29, 0.717) is 28.1 Å². The molecule has 7 heteroatoms. The first-order valence-electron chi connectivity index (χ1n) is 8.16. The fourth-order valence-corrected chi connectivity index (χ4v) is 2.78. The lowest BCUT2D eigenvalue weighted by Gasteiger charge is -2.13. The number of carbonyl (C=O) groups excluding carboxylic acids is 1. The topological polar surface area (TPSA) is 84.9 Å². The molecule has 0 aliphatic carbocycles. The summed E-state index contributed by atoms with van der Waals surface area (Å²) >= 11 is 3.46. The number of methoxy groups -OCH3 is 1. The fourth-order valence-electron chi connectivity index (χ4n) is 2.20. The summed E-state index contributed by atoms with van der Waals surface area (Å²) in [6.07, 6.45) is 2.84. The van der Waals surface area contributed by atoms with E-state index in [1.807, 2.05) is 30.3 Å². The third kappa shape index (κ3) is 6.14. The minimum Gasteiger partial charge on any atom is -0.493 e. The van der Waals surface area contributed by atoms with Gasteiger partial charge in [0.1, 0.15) is 12.6 Å². The van der Waals surface area contributed by atoms with Gasteiger partial charge in [-0.15, -0.1) is 0 Å². The molecule has 0 saturated carbocycles. The van der Waals surface area contributed by atoms with Gasteiger partial charge in [-0.2, -0.15) is 0 Å². The molecular formula is C20H20BrNO5. The lowest BCUT2D eigenvalue weighted by Crippen LogP contribution is -2.37. The normalized spacial score (nSPS) is 11.8. The minimum atomic E-state index is -1.10. The molecule has 0 heterocycles. The molecule has 2 N–H and O–H groups in total. The lowest BCUT2D eigenvalue weighted by atomic mass is 10.1. The quantitative estimate of drug-likeness (QED) is 0.620. The number of aliphatic carboxylic acids is 1. The Kier molecular flexibility index (Phi) is 7.43. The third-order valence-electron chi connectivity index (χ3n) is 3.63. The zero-order valence-corrected chi connectivity index (χ0v) is 16.5. The summed E-state index contributed by atoms with van der Waals surface area (Å²) < 4.78 is 11.9. The highest BCUT2D eigenvalue weighted by atomic mass is 79.9. The van der Waals surface area contributed by atoms with Crippen LogP contribution in [0.2, 0.25) is 0 Å². The first-order valence-corrected chi connectivity index (χ1v) is 8.95. The number of hydrogen-bond acceptors (Lipinski definition) is 4. The van der Waals surface area contributed by atoms with Crippen LogP contribution in [0.1, 0.15) is 18.1 Å². The van der Waals surface area contributed by atoms with E-state index in [-0.39, 0.29) is 0 Å². The zero-order chi connectivity index (χ0) is 19.8. The standard InChI is InChI=1S/C20H20BrNO5/c1-13(20(24)25)22-18(23)9-8-15-10-16(21)19(17(11-15)26-2)27-12-14-6-4-3-5-7-14/h3-11,13H,12H2,1-2H3,(H,22,23)(H,24,25)/b9-8+. The van der Waals surface area contributed by atoms with Crippen molar-refractivity contribution in [2.75, 3.05) is 7.11 Å². The molecule has 2 rings (SSSR count). The summed E-state index contributed by atoms with van der Waals surface area (Å²) in [7, 11) is 1.53. The zero-order valence-electron chi connectivity index (χ0n) is 14.9. The van der Waals surface area contributed by atoms with Crippen molar-refractivity contribution in [2.24, 2.45) is 0 Å². The van der Waals surface area contributed by atoms with E-state index in [4.69, 9.17) is 14.6 Å². The maximum absolute atomic E-state index is 11.8. The second-order valence-corrected chi connectivity index (χ2v) is 6.56. The Morgan fingerprint density at radius 2 is 1.96 bits per heavy atom. The Bertz CT molecular complexity index is 836. The smallest absolute Gasteiger partial charge is 0.325 e. The van der Waals surface area contributed by atoms with Crippen molar-refractivity contribution in [3.8, 4) is 11.5 Å². The maximum Gasteiger partial charge on any atom is 0.325 e. The van der Waals surface area contributed by atoms with Gasteiger partial charge in [-0.1, -0.05) is 30.3 Å². The molecule has 2 aromatic carbocycles. The highest BCUT2D eigenvalue weighted by molar-refractivity contribution is 9.10. The van der Waals surface area contributed by atoms with Crippen LogP contribution in [0.5, 0.6) is 11.5 Å². The molecule has 0 spiro atoms. The molecule has 2 aromatic rings. The number of carboxylic acids is 1. The second-order valence-electron chi connectivity index (χ2n) is 5.71. The van der Waals surface area contributed by atoms with Crippen LogP contribution < -0.4 is 14.8 Å². The molecule has 0 fully saturated rings. The molecule has 1 unspecified atom stereocenters. The predicted octanol–water partition coefficient (Wildman–Crippen LogP) is 3.64. The number of carboxylic acid groups (broad SMARTS) is 1. The number of carbonyl (C=O) groups is 2. The molecule has 27 heavy (non-hydrogen) atoms. The van der Waals surface area contributed by atoms with Crippen LogP contribution in [0.4, 0.5) is 0 Å². The van der Waals surface area contributed by atoms with Crippen LogP contribution in [0.25, 0.3) is 6.08 Å². The van der Waals surface area contributed by atoms with Crippen molar-refractivity contribution in [2.45, 2.75) is 19.6 Å². The summed E-state index contributed by atoms with van der Waals surface area (Å²) in [6.45, 7) is 1.78. The Balaban J connectivity index is 2.11. The van der Waals surface area contributed by atoms with Crippen molar-refractivity contribution in [3.05, 3.63) is 64.1 Å². The van der Waals surface area contributed by atoms with E-state index in [1.165, 1.54) is 20.1 Å². The Morgan fingerprint density at radius 1 is 1.26 bits per heavy atom. The van der Waals surface area contributed by atoms with E-state index in [1.54, 1.807) is 18.2 Å². The van der Waals surface area contributed by atoms with Gasteiger partial charge in [0, 0.05) is 6.08 Å². The molecular weight excluding hydrogens is 414 g/mol. The van der Waals surface area contributed by atoms with Gasteiger partial charge < -0.3 is 19.9 Å². The number of halogens is 1. The highest BCUT2D eigenvalue weighted by Gasteiger charge is 2.13. The van der Waals surface area contributed by atoms with Crippen molar-refractivity contribution in [3.63, 3.8) is 0 Å². The van der Waals surface area contributed by atoms with Gasteiger partial charge in [-0.25, -0.2) is 0 Å². The summed E-state index contributed by atoms with van der Waals surface area (Å²) in [6, 6.07) is 12.3. The Morgan fingerprint density at radius 3 is 2.59 bits per heavy atom. The molecule has 1 amide bonds. The summed E-state index contributed by atoms with van der Waals surface area (Å²) in [4.78, 5) is 22.5. The number of ether oxygens (including phenoxy) is 2. The van der Waals surface area contributed by atoms with Crippen LogP contribution in [-0.2, 0) is 16.2 Å². The second kappa shape index (κ2) is 9.78. The number of nitrogens with one attached hydrogen (secondary N) is 1. The largest absolute Gasteiger partial charge is 0.493 e. The van der Waals surface area contributed by atoms with E-state index in [2.05, 4.69) is 21.2 Å². The highest BCUT2D eigenvalue weighted by Crippen LogP contribution is 2.37. The first kappa shape index (κ1) is 20.5.